The fraction of sp³-hybridized carbons (Fsp3) is 0.226. The van der Waals surface area contributed by atoms with Crippen molar-refractivity contribution in [3.05, 3.63) is 93.9 Å². The molecule has 0 spiro atoms. The van der Waals surface area contributed by atoms with Crippen LogP contribution in [0.5, 0.6) is 0 Å². The van der Waals surface area contributed by atoms with Crippen LogP contribution in [0, 0.1) is 11.6 Å². The van der Waals surface area contributed by atoms with Crippen LogP contribution in [0.25, 0.3) is 21.8 Å². The lowest BCUT2D eigenvalue weighted by Gasteiger charge is -2.28. The lowest BCUT2D eigenvalue weighted by atomic mass is 10.1. The highest BCUT2D eigenvalue weighted by atomic mass is 32.2. The van der Waals surface area contributed by atoms with Crippen LogP contribution in [0.2, 0.25) is 0 Å². The summed E-state index contributed by atoms with van der Waals surface area (Å²) in [6.45, 7) is 6.69. The molecule has 1 aliphatic rings. The van der Waals surface area contributed by atoms with Crippen LogP contribution < -0.4 is 20.4 Å². The average Bonchev–Trinajstić information content (AvgIpc) is 3.49. The minimum Gasteiger partial charge on any atom is -0.378 e. The number of aromatic amines is 1. The highest BCUT2D eigenvalue weighted by Gasteiger charge is 2.21. The highest BCUT2D eigenvalue weighted by Crippen LogP contribution is 2.39. The molecule has 0 bridgehead atoms. The summed E-state index contributed by atoms with van der Waals surface area (Å²) in [5, 5.41) is 3.90. The number of benzene rings is 2. The first-order chi connectivity index (χ1) is 21.8. The number of nitrogens with zero attached hydrogens (tertiary/aromatic N) is 4. The maximum atomic E-state index is 14.2. The van der Waals surface area contributed by atoms with Gasteiger partial charge in [-0.25, -0.2) is 27.9 Å². The van der Waals surface area contributed by atoms with E-state index in [1.54, 1.807) is 42.7 Å². The molecule has 1 aliphatic heterocycles. The molecule has 1 atom stereocenters. The molecule has 6 rings (SSSR count). The zero-order valence-corrected chi connectivity index (χ0v) is 26.0. The molecule has 1 fully saturated rings. The van der Waals surface area contributed by atoms with Gasteiger partial charge < -0.3 is 24.7 Å². The van der Waals surface area contributed by atoms with Crippen molar-refractivity contribution in [1.29, 1.82) is 0 Å². The van der Waals surface area contributed by atoms with Gasteiger partial charge in [-0.2, -0.15) is 0 Å². The number of aromatic nitrogens is 4. The third-order valence-electron chi connectivity index (χ3n) is 6.97. The number of hydrogen-bond donors (Lipinski definition) is 3. The lowest BCUT2D eigenvalue weighted by molar-refractivity contribution is 0.122. The number of pyridine rings is 1. The highest BCUT2D eigenvalue weighted by molar-refractivity contribution is 7.86. The molecule has 0 saturated carbocycles. The summed E-state index contributed by atoms with van der Waals surface area (Å²) in [6, 6.07) is 13.6. The molecule has 14 heteroatoms. The Balaban J connectivity index is 1.29. The quantitative estimate of drug-likeness (QED) is 0.176. The van der Waals surface area contributed by atoms with Crippen LogP contribution in [0.4, 0.5) is 31.9 Å². The first-order valence-corrected chi connectivity index (χ1v) is 16.1. The predicted octanol–water partition coefficient (Wildman–Crippen LogP) is 6.07. The molecule has 10 nitrogen and oxygen atoms in total. The molecule has 4 heterocycles. The second-order valence-corrected chi connectivity index (χ2v) is 12.7. The SMILES string of the molecule is CC(C)c1nc(-c2cccc(NS(=O)c3c(F)cccc3F)c2)c(-c2ccnc(Nc3c[nH]c(N4CCOCC4)cc3=O)n2)s1. The van der Waals surface area contributed by atoms with Crippen molar-refractivity contribution in [1.82, 2.24) is 19.9 Å². The van der Waals surface area contributed by atoms with Crippen LogP contribution in [0.15, 0.2) is 76.7 Å². The van der Waals surface area contributed by atoms with Crippen molar-refractivity contribution < 1.29 is 17.7 Å². The molecule has 0 amide bonds. The number of H-pyrrole nitrogens is 1. The van der Waals surface area contributed by atoms with Crippen LogP contribution in [0.3, 0.4) is 0 Å². The smallest absolute Gasteiger partial charge is 0.227 e. The van der Waals surface area contributed by atoms with E-state index in [2.05, 4.69) is 24.9 Å². The number of halogens is 2. The Morgan fingerprint density at radius 3 is 2.53 bits per heavy atom. The van der Waals surface area contributed by atoms with Gasteiger partial charge in [0.05, 0.1) is 34.5 Å². The molecule has 1 unspecified atom stereocenters. The molecular weight excluding hydrogens is 621 g/mol. The number of anilines is 4. The maximum Gasteiger partial charge on any atom is 0.227 e. The number of thiazole rings is 1. The maximum absolute atomic E-state index is 14.2. The van der Waals surface area contributed by atoms with Crippen LogP contribution in [0.1, 0.15) is 24.8 Å². The van der Waals surface area contributed by atoms with Gasteiger partial charge >= 0.3 is 0 Å². The van der Waals surface area contributed by atoms with E-state index in [-0.39, 0.29) is 17.3 Å². The Morgan fingerprint density at radius 1 is 1.04 bits per heavy atom. The van der Waals surface area contributed by atoms with Crippen molar-refractivity contribution in [3.63, 3.8) is 0 Å². The minimum atomic E-state index is -2.18. The molecule has 2 aromatic carbocycles. The van der Waals surface area contributed by atoms with Crippen molar-refractivity contribution in [2.45, 2.75) is 24.7 Å². The Bertz CT molecular complexity index is 1910. The standard InChI is InChI=1S/C31H29F2N7O3S2/c1-18(2)30-38-27(19-5-3-6-20(15-19)39-45(42)29-21(32)7-4-8-22(29)33)28(44-30)23-9-10-34-31(36-23)37-24-17-35-26(16-25(24)41)40-11-13-43-14-12-40/h3-10,15-18,39H,11-14H2,1-2H3,(H,35,41)(H,34,36,37). The van der Waals surface area contributed by atoms with Gasteiger partial charge in [-0.15, -0.1) is 11.3 Å². The summed E-state index contributed by atoms with van der Waals surface area (Å²) in [4.78, 5) is 32.3. The Morgan fingerprint density at radius 2 is 1.80 bits per heavy atom. The van der Waals surface area contributed by atoms with E-state index >= 15 is 0 Å². The van der Waals surface area contributed by atoms with Crippen LogP contribution in [-0.4, -0.2) is 50.4 Å². The Labute approximate surface area is 264 Å². The first-order valence-electron chi connectivity index (χ1n) is 14.2. The van der Waals surface area contributed by atoms with E-state index in [4.69, 9.17) is 14.7 Å². The third kappa shape index (κ3) is 6.77. The summed E-state index contributed by atoms with van der Waals surface area (Å²) < 4.78 is 49.4. The monoisotopic (exact) mass is 649 g/mol. The summed E-state index contributed by atoms with van der Waals surface area (Å²) in [5.74, 6) is -0.714. The van der Waals surface area contributed by atoms with E-state index in [9.17, 15) is 17.8 Å². The number of morpholine rings is 1. The summed E-state index contributed by atoms with van der Waals surface area (Å²) >= 11 is 1.48. The van der Waals surface area contributed by atoms with Crippen molar-refractivity contribution in [2.24, 2.45) is 0 Å². The van der Waals surface area contributed by atoms with E-state index in [0.29, 0.717) is 54.6 Å². The predicted molar refractivity (Wildman–Crippen MR) is 172 cm³/mol. The van der Waals surface area contributed by atoms with E-state index in [1.807, 2.05) is 19.9 Å². The normalized spacial score (nSPS) is 14.0. The second-order valence-electron chi connectivity index (χ2n) is 10.5. The van der Waals surface area contributed by atoms with Gasteiger partial charge in [0.2, 0.25) is 11.4 Å². The van der Waals surface area contributed by atoms with Gasteiger partial charge in [0.15, 0.2) is 11.0 Å². The fourth-order valence-corrected chi connectivity index (χ4v) is 6.71. The Kier molecular flexibility index (Phi) is 8.96. The average molecular weight is 650 g/mol. The van der Waals surface area contributed by atoms with Crippen molar-refractivity contribution >= 4 is 45.5 Å². The summed E-state index contributed by atoms with van der Waals surface area (Å²) in [7, 11) is -2.18. The number of hydrogen-bond acceptors (Lipinski definition) is 9. The molecular formula is C31H29F2N7O3S2. The van der Waals surface area contributed by atoms with Crippen molar-refractivity contribution in [3.8, 4) is 21.8 Å². The molecule has 0 aliphatic carbocycles. The molecule has 0 radical (unpaired) electrons. The fourth-order valence-electron chi connectivity index (χ4n) is 4.71. The van der Waals surface area contributed by atoms with E-state index < -0.39 is 27.5 Å². The largest absolute Gasteiger partial charge is 0.378 e. The summed E-state index contributed by atoms with van der Waals surface area (Å²) in [5.41, 5.74) is 2.39. The van der Waals surface area contributed by atoms with Crippen LogP contribution >= 0.6 is 11.3 Å². The summed E-state index contributed by atoms with van der Waals surface area (Å²) in [6.07, 6.45) is 3.21. The lowest BCUT2D eigenvalue weighted by Crippen LogP contribution is -2.37. The van der Waals surface area contributed by atoms with Crippen LogP contribution in [-0.2, 0) is 15.7 Å². The zero-order chi connectivity index (χ0) is 31.5. The molecule has 1 saturated heterocycles. The Hall–Kier alpha value is -4.53. The first kappa shape index (κ1) is 30.5. The third-order valence-corrected chi connectivity index (χ3v) is 9.53. The van der Waals surface area contributed by atoms with E-state index in [0.717, 1.165) is 27.8 Å². The number of nitrogens with one attached hydrogen (secondary N) is 3. The number of ether oxygens (including phenoxy) is 1. The minimum absolute atomic E-state index is 0.128. The van der Waals surface area contributed by atoms with Crippen molar-refractivity contribution in [2.75, 3.05) is 41.2 Å². The van der Waals surface area contributed by atoms with Gasteiger partial charge in [-0.05, 0) is 30.3 Å². The van der Waals surface area contributed by atoms with Gasteiger partial charge in [0, 0.05) is 48.7 Å². The van der Waals surface area contributed by atoms with Gasteiger partial charge in [-0.1, -0.05) is 32.0 Å². The molecule has 3 N–H and O–H groups in total. The van der Waals surface area contributed by atoms with Gasteiger partial charge in [0.25, 0.3) is 0 Å². The number of rotatable bonds is 9. The molecule has 45 heavy (non-hydrogen) atoms. The topological polar surface area (TPSA) is 125 Å². The molecule has 5 aromatic rings. The second kappa shape index (κ2) is 13.2. The van der Waals surface area contributed by atoms with E-state index in [1.165, 1.54) is 17.4 Å². The molecule has 232 valence electrons. The zero-order valence-electron chi connectivity index (χ0n) is 24.3. The van der Waals surface area contributed by atoms with Gasteiger partial charge in [0.1, 0.15) is 28.0 Å². The molecule has 3 aromatic heterocycles. The van der Waals surface area contributed by atoms with Gasteiger partial charge in [-0.3, -0.25) is 4.79 Å².